The fraction of sp³-hybridized carbons (Fsp3) is 0.333. The van der Waals surface area contributed by atoms with E-state index in [1.165, 1.54) is 4.90 Å². The van der Waals surface area contributed by atoms with E-state index in [-0.39, 0.29) is 5.91 Å². The number of nitrogens with one attached hydrogen (secondary N) is 1. The van der Waals surface area contributed by atoms with Gasteiger partial charge in [0.15, 0.2) is 0 Å². The van der Waals surface area contributed by atoms with Gasteiger partial charge >= 0.3 is 6.18 Å². The number of anilines is 1. The lowest BCUT2D eigenvalue weighted by Gasteiger charge is -2.22. The van der Waals surface area contributed by atoms with Crippen LogP contribution in [-0.2, 0) is 9.59 Å². The molecule has 1 aliphatic rings. The first-order valence-electron chi connectivity index (χ1n) is 6.89. The van der Waals surface area contributed by atoms with Crippen molar-refractivity contribution in [3.63, 3.8) is 0 Å². The monoisotopic (exact) mass is 346 g/mol. The Morgan fingerprint density at radius 2 is 2.09 bits per heavy atom. The third kappa shape index (κ3) is 4.72. The molecule has 0 aliphatic carbocycles. The van der Waals surface area contributed by atoms with E-state index >= 15 is 0 Å². The largest absolute Gasteiger partial charge is 0.454 e. The highest BCUT2D eigenvalue weighted by atomic mass is 35.5. The van der Waals surface area contributed by atoms with Crippen LogP contribution >= 0.6 is 11.6 Å². The third-order valence-electron chi connectivity index (χ3n) is 3.39. The first kappa shape index (κ1) is 17.3. The second-order valence-electron chi connectivity index (χ2n) is 5.07. The zero-order chi connectivity index (χ0) is 17.0. The molecule has 1 N–H and O–H groups in total. The molecule has 124 valence electrons. The first-order chi connectivity index (χ1) is 10.8. The number of hydrogen-bond donors (Lipinski definition) is 1. The van der Waals surface area contributed by atoms with E-state index in [0.29, 0.717) is 36.2 Å². The van der Waals surface area contributed by atoms with Gasteiger partial charge in [0, 0.05) is 29.5 Å². The van der Waals surface area contributed by atoms with E-state index in [1.807, 2.05) is 0 Å². The quantitative estimate of drug-likeness (QED) is 0.850. The van der Waals surface area contributed by atoms with Gasteiger partial charge in [-0.3, -0.25) is 9.59 Å². The number of allylic oxidation sites excluding steroid dienone is 1. The van der Waals surface area contributed by atoms with Gasteiger partial charge in [0.1, 0.15) is 6.04 Å². The standard InChI is InChI=1S/C15H14ClF3N2O2/c16-10-3-1-4-11(9-10)20-14(23)12-5-2-7-21(12)8-6-13(22)15(17,18)19/h1,3-4,6,8-9,12H,2,5,7H2,(H,20,23)/b8-6+. The van der Waals surface area contributed by atoms with Gasteiger partial charge in [-0.25, -0.2) is 0 Å². The van der Waals surface area contributed by atoms with Crippen molar-refractivity contribution in [1.82, 2.24) is 4.90 Å². The van der Waals surface area contributed by atoms with Gasteiger partial charge in [0.05, 0.1) is 0 Å². The number of benzene rings is 1. The number of alkyl halides is 3. The molecule has 1 aliphatic heterocycles. The van der Waals surface area contributed by atoms with Crippen molar-refractivity contribution in [2.24, 2.45) is 0 Å². The molecule has 1 fully saturated rings. The third-order valence-corrected chi connectivity index (χ3v) is 3.62. The van der Waals surface area contributed by atoms with E-state index in [4.69, 9.17) is 11.6 Å². The highest BCUT2D eigenvalue weighted by Crippen LogP contribution is 2.22. The number of likely N-dealkylation sites (tertiary alicyclic amines) is 1. The molecule has 0 spiro atoms. The summed E-state index contributed by atoms with van der Waals surface area (Å²) in [6.45, 7) is 0.412. The minimum absolute atomic E-state index is 0.353. The average Bonchev–Trinajstić information content (AvgIpc) is 2.92. The molecule has 0 aromatic heterocycles. The molecule has 2 rings (SSSR count). The Bertz CT molecular complexity index is 631. The first-order valence-corrected chi connectivity index (χ1v) is 7.27. The van der Waals surface area contributed by atoms with Gasteiger partial charge < -0.3 is 10.2 Å². The smallest absolute Gasteiger partial charge is 0.365 e. The fourth-order valence-electron chi connectivity index (χ4n) is 2.30. The number of amides is 1. The van der Waals surface area contributed by atoms with E-state index in [0.717, 1.165) is 6.20 Å². The Labute approximate surface area is 135 Å². The summed E-state index contributed by atoms with van der Waals surface area (Å²) in [6.07, 6.45) is -2.28. The lowest BCUT2D eigenvalue weighted by Crippen LogP contribution is -2.36. The average molecular weight is 347 g/mol. The van der Waals surface area contributed by atoms with Crippen molar-refractivity contribution in [3.8, 4) is 0 Å². The summed E-state index contributed by atoms with van der Waals surface area (Å²) in [4.78, 5) is 24.5. The number of nitrogens with zero attached hydrogens (tertiary/aromatic N) is 1. The second kappa shape index (κ2) is 7.04. The molecule has 0 bridgehead atoms. The van der Waals surface area contributed by atoms with Crippen LogP contribution in [0, 0.1) is 0 Å². The molecule has 0 saturated carbocycles. The zero-order valence-electron chi connectivity index (χ0n) is 11.9. The Morgan fingerprint density at radius 1 is 1.35 bits per heavy atom. The van der Waals surface area contributed by atoms with E-state index in [2.05, 4.69) is 5.32 Å². The number of halogens is 4. The van der Waals surface area contributed by atoms with Crippen LogP contribution in [0.2, 0.25) is 5.02 Å². The van der Waals surface area contributed by atoms with Gasteiger partial charge in [0.2, 0.25) is 5.91 Å². The molecular weight excluding hydrogens is 333 g/mol. The Kier molecular flexibility index (Phi) is 5.30. The molecule has 23 heavy (non-hydrogen) atoms. The van der Waals surface area contributed by atoms with Crippen LogP contribution in [-0.4, -0.2) is 35.4 Å². The molecule has 1 aromatic carbocycles. The van der Waals surface area contributed by atoms with Crippen LogP contribution in [0.1, 0.15) is 12.8 Å². The molecule has 0 radical (unpaired) electrons. The van der Waals surface area contributed by atoms with Crippen molar-refractivity contribution in [1.29, 1.82) is 0 Å². The predicted molar refractivity (Wildman–Crippen MR) is 80.0 cm³/mol. The molecule has 4 nitrogen and oxygen atoms in total. The van der Waals surface area contributed by atoms with Gasteiger partial charge in [-0.15, -0.1) is 0 Å². The minimum Gasteiger partial charge on any atom is -0.365 e. The highest BCUT2D eigenvalue weighted by Gasteiger charge is 2.37. The van der Waals surface area contributed by atoms with Crippen LogP contribution < -0.4 is 5.32 Å². The molecular formula is C15H14ClF3N2O2. The van der Waals surface area contributed by atoms with Crippen LogP contribution in [0.25, 0.3) is 0 Å². The summed E-state index contributed by atoms with van der Waals surface area (Å²) >= 11 is 5.83. The van der Waals surface area contributed by atoms with Gasteiger partial charge in [-0.05, 0) is 31.0 Å². The molecule has 8 heteroatoms. The van der Waals surface area contributed by atoms with Crippen molar-refractivity contribution < 1.29 is 22.8 Å². The molecule has 1 saturated heterocycles. The molecule has 1 heterocycles. The lowest BCUT2D eigenvalue weighted by molar-refractivity contribution is -0.165. The lowest BCUT2D eigenvalue weighted by atomic mass is 10.2. The van der Waals surface area contributed by atoms with Crippen LogP contribution in [0.4, 0.5) is 18.9 Å². The Balaban J connectivity index is 2.02. The van der Waals surface area contributed by atoms with Crippen LogP contribution in [0.3, 0.4) is 0 Å². The number of rotatable bonds is 4. The van der Waals surface area contributed by atoms with Crippen LogP contribution in [0.15, 0.2) is 36.5 Å². The summed E-state index contributed by atoms with van der Waals surface area (Å²) in [5.74, 6) is -2.30. The Hall–Kier alpha value is -2.02. The summed E-state index contributed by atoms with van der Waals surface area (Å²) in [5, 5.41) is 3.13. The highest BCUT2D eigenvalue weighted by molar-refractivity contribution is 6.30. The number of hydrogen-bond acceptors (Lipinski definition) is 3. The summed E-state index contributed by atoms with van der Waals surface area (Å²) < 4.78 is 36.6. The molecule has 1 atom stereocenters. The molecule has 1 amide bonds. The predicted octanol–water partition coefficient (Wildman–Crippen LogP) is 3.39. The summed E-state index contributed by atoms with van der Waals surface area (Å²) in [5.41, 5.74) is 0.504. The van der Waals surface area contributed by atoms with Crippen LogP contribution in [0.5, 0.6) is 0 Å². The molecule has 1 unspecified atom stereocenters. The van der Waals surface area contributed by atoms with Gasteiger partial charge in [-0.1, -0.05) is 17.7 Å². The SMILES string of the molecule is O=C(Nc1cccc(Cl)c1)C1CCCN1/C=C/C(=O)C(F)(F)F. The second-order valence-corrected chi connectivity index (χ2v) is 5.51. The van der Waals surface area contributed by atoms with Gasteiger partial charge in [-0.2, -0.15) is 13.2 Å². The van der Waals surface area contributed by atoms with E-state index < -0.39 is 18.0 Å². The van der Waals surface area contributed by atoms with Crippen molar-refractivity contribution in [2.45, 2.75) is 25.1 Å². The fourth-order valence-corrected chi connectivity index (χ4v) is 2.49. The summed E-state index contributed by atoms with van der Waals surface area (Å²) in [7, 11) is 0. The maximum atomic E-state index is 12.2. The van der Waals surface area contributed by atoms with E-state index in [9.17, 15) is 22.8 Å². The Morgan fingerprint density at radius 3 is 2.74 bits per heavy atom. The maximum Gasteiger partial charge on any atom is 0.454 e. The number of carbonyl (C=O) groups excluding carboxylic acids is 2. The maximum absolute atomic E-state index is 12.2. The van der Waals surface area contributed by atoms with E-state index in [1.54, 1.807) is 24.3 Å². The normalized spacial score (nSPS) is 18.4. The number of carbonyl (C=O) groups is 2. The van der Waals surface area contributed by atoms with Gasteiger partial charge in [0.25, 0.3) is 5.78 Å². The van der Waals surface area contributed by atoms with Crippen molar-refractivity contribution >= 4 is 29.0 Å². The topological polar surface area (TPSA) is 49.4 Å². The summed E-state index contributed by atoms with van der Waals surface area (Å²) in [6, 6.07) is 5.94. The zero-order valence-corrected chi connectivity index (χ0v) is 12.7. The number of ketones is 1. The van der Waals surface area contributed by atoms with Crippen molar-refractivity contribution in [2.75, 3.05) is 11.9 Å². The minimum atomic E-state index is -4.91. The molecule has 1 aromatic rings. The van der Waals surface area contributed by atoms with Crippen molar-refractivity contribution in [3.05, 3.63) is 41.6 Å².